The molecule has 0 unspecified atom stereocenters. The number of hydrogen-bond donors (Lipinski definition) is 0. The summed E-state index contributed by atoms with van der Waals surface area (Å²) in [6, 6.07) is 16.6. The van der Waals surface area contributed by atoms with Gasteiger partial charge in [-0.3, -0.25) is 14.7 Å². The third-order valence-corrected chi connectivity index (χ3v) is 6.42. The molecule has 0 atom stereocenters. The highest BCUT2D eigenvalue weighted by Crippen LogP contribution is 2.40. The van der Waals surface area contributed by atoms with Crippen LogP contribution in [0.15, 0.2) is 67.0 Å². The average Bonchev–Trinajstić information content (AvgIpc) is 3.19. The molecule has 2 aliphatic heterocycles. The standard InChI is InChI=1S/C26H25ClN4O3/c27-21-6-7-24-22(17-21)31(18-20-4-1-2-5-23(20)34-24)26(33)30-13-3-12-29(14-15-30)25(32)16-19-8-10-28-11-9-19/h1-2,4-11,17H,3,12-16,18H2. The molecule has 1 fully saturated rings. The van der Waals surface area contributed by atoms with Gasteiger partial charge in [0.05, 0.1) is 18.7 Å². The van der Waals surface area contributed by atoms with E-state index in [-0.39, 0.29) is 11.9 Å². The smallest absolute Gasteiger partial charge is 0.324 e. The van der Waals surface area contributed by atoms with Crippen molar-refractivity contribution in [2.75, 3.05) is 31.1 Å². The maximum Gasteiger partial charge on any atom is 0.324 e. The number of anilines is 1. The molecule has 8 heteroatoms. The Morgan fingerprint density at radius 3 is 2.53 bits per heavy atom. The van der Waals surface area contributed by atoms with Crippen LogP contribution in [0.2, 0.25) is 5.02 Å². The summed E-state index contributed by atoms with van der Waals surface area (Å²) in [6.07, 6.45) is 4.44. The van der Waals surface area contributed by atoms with Gasteiger partial charge in [0, 0.05) is 49.2 Å². The summed E-state index contributed by atoms with van der Waals surface area (Å²) in [5.74, 6) is 1.38. The number of nitrogens with zero attached hydrogens (tertiary/aromatic N) is 4. The summed E-state index contributed by atoms with van der Waals surface area (Å²) < 4.78 is 6.13. The molecule has 3 aromatic rings. The number of urea groups is 1. The van der Waals surface area contributed by atoms with Gasteiger partial charge in [-0.2, -0.15) is 0 Å². The summed E-state index contributed by atoms with van der Waals surface area (Å²) in [6.45, 7) is 2.55. The predicted molar refractivity (Wildman–Crippen MR) is 130 cm³/mol. The Balaban J connectivity index is 1.34. The second kappa shape index (κ2) is 9.73. The van der Waals surface area contributed by atoms with Crippen molar-refractivity contribution in [3.8, 4) is 11.5 Å². The Labute approximate surface area is 203 Å². The van der Waals surface area contributed by atoms with E-state index in [2.05, 4.69) is 4.98 Å². The van der Waals surface area contributed by atoms with Gasteiger partial charge in [0.2, 0.25) is 5.91 Å². The van der Waals surface area contributed by atoms with E-state index in [9.17, 15) is 9.59 Å². The monoisotopic (exact) mass is 476 g/mol. The number of carbonyl (C=O) groups is 2. The van der Waals surface area contributed by atoms with E-state index in [1.807, 2.05) is 46.2 Å². The molecule has 0 saturated carbocycles. The first-order chi connectivity index (χ1) is 16.6. The molecule has 34 heavy (non-hydrogen) atoms. The van der Waals surface area contributed by atoms with Crippen LogP contribution in [0.25, 0.3) is 0 Å². The van der Waals surface area contributed by atoms with Gasteiger partial charge < -0.3 is 14.5 Å². The summed E-state index contributed by atoms with van der Waals surface area (Å²) in [5.41, 5.74) is 2.50. The van der Waals surface area contributed by atoms with E-state index < -0.39 is 0 Å². The maximum absolute atomic E-state index is 13.8. The van der Waals surface area contributed by atoms with Crippen molar-refractivity contribution in [2.45, 2.75) is 19.4 Å². The zero-order valence-corrected chi connectivity index (χ0v) is 19.4. The number of hydrogen-bond acceptors (Lipinski definition) is 4. The molecule has 3 heterocycles. The Bertz CT molecular complexity index is 1200. The number of fused-ring (bicyclic) bond motifs is 2. The molecule has 5 rings (SSSR count). The fourth-order valence-electron chi connectivity index (χ4n) is 4.38. The highest BCUT2D eigenvalue weighted by Gasteiger charge is 2.30. The van der Waals surface area contributed by atoms with Crippen molar-refractivity contribution in [3.05, 3.63) is 83.1 Å². The Kier molecular flexibility index (Phi) is 6.36. The Hall–Kier alpha value is -3.58. The minimum Gasteiger partial charge on any atom is -0.455 e. The van der Waals surface area contributed by atoms with E-state index in [0.29, 0.717) is 55.6 Å². The first-order valence-corrected chi connectivity index (χ1v) is 11.7. The van der Waals surface area contributed by atoms with Crippen molar-refractivity contribution in [3.63, 3.8) is 0 Å². The van der Waals surface area contributed by atoms with Crippen LogP contribution in [-0.4, -0.2) is 52.9 Å². The molecule has 1 aromatic heterocycles. The van der Waals surface area contributed by atoms with Crippen LogP contribution in [0.4, 0.5) is 10.5 Å². The topological polar surface area (TPSA) is 66.0 Å². The number of para-hydroxylation sites is 1. The van der Waals surface area contributed by atoms with E-state index in [1.165, 1.54) is 0 Å². The lowest BCUT2D eigenvalue weighted by Gasteiger charge is -2.30. The van der Waals surface area contributed by atoms with Gasteiger partial charge in [-0.15, -0.1) is 0 Å². The first kappa shape index (κ1) is 22.2. The molecule has 0 N–H and O–H groups in total. The Morgan fingerprint density at radius 2 is 1.68 bits per heavy atom. The van der Waals surface area contributed by atoms with Gasteiger partial charge in [-0.1, -0.05) is 29.8 Å². The van der Waals surface area contributed by atoms with Gasteiger partial charge in [-0.25, -0.2) is 4.79 Å². The predicted octanol–water partition coefficient (Wildman–Crippen LogP) is 4.74. The minimum atomic E-state index is -0.118. The number of ether oxygens (including phenoxy) is 1. The zero-order chi connectivity index (χ0) is 23.5. The number of halogens is 1. The lowest BCUT2D eigenvalue weighted by Crippen LogP contribution is -2.45. The number of benzene rings is 2. The van der Waals surface area contributed by atoms with Crippen molar-refractivity contribution < 1.29 is 14.3 Å². The van der Waals surface area contributed by atoms with E-state index in [4.69, 9.17) is 16.3 Å². The lowest BCUT2D eigenvalue weighted by molar-refractivity contribution is -0.130. The van der Waals surface area contributed by atoms with Crippen molar-refractivity contribution >= 4 is 29.2 Å². The van der Waals surface area contributed by atoms with Crippen LogP contribution in [0.3, 0.4) is 0 Å². The molecule has 3 amide bonds. The molecule has 7 nitrogen and oxygen atoms in total. The van der Waals surface area contributed by atoms with Crippen LogP contribution in [-0.2, 0) is 17.8 Å². The quantitative estimate of drug-likeness (QED) is 0.535. The first-order valence-electron chi connectivity index (χ1n) is 11.4. The third-order valence-electron chi connectivity index (χ3n) is 6.19. The van der Waals surface area contributed by atoms with E-state index >= 15 is 0 Å². The van der Waals surface area contributed by atoms with Crippen molar-refractivity contribution in [1.82, 2.24) is 14.8 Å². The fourth-order valence-corrected chi connectivity index (χ4v) is 4.55. The summed E-state index contributed by atoms with van der Waals surface area (Å²) in [5, 5.41) is 0.537. The van der Waals surface area contributed by atoms with Crippen LogP contribution in [0.5, 0.6) is 11.5 Å². The minimum absolute atomic E-state index is 0.0646. The molecule has 0 bridgehead atoms. The molecule has 2 aromatic carbocycles. The molecule has 0 aliphatic carbocycles. The van der Waals surface area contributed by atoms with Gasteiger partial charge in [0.25, 0.3) is 0 Å². The van der Waals surface area contributed by atoms with Crippen LogP contribution in [0, 0.1) is 0 Å². The number of carbonyl (C=O) groups excluding carboxylic acids is 2. The fraction of sp³-hybridized carbons (Fsp3) is 0.269. The molecule has 0 radical (unpaired) electrons. The largest absolute Gasteiger partial charge is 0.455 e. The molecule has 2 aliphatic rings. The summed E-state index contributed by atoms with van der Waals surface area (Å²) in [4.78, 5) is 36.0. The van der Waals surface area contributed by atoms with Crippen molar-refractivity contribution in [2.24, 2.45) is 0 Å². The van der Waals surface area contributed by atoms with Crippen LogP contribution < -0.4 is 9.64 Å². The Morgan fingerprint density at radius 1 is 0.912 bits per heavy atom. The van der Waals surface area contributed by atoms with E-state index in [0.717, 1.165) is 23.3 Å². The SMILES string of the molecule is O=C(Cc1ccncc1)N1CCCN(C(=O)N2Cc3ccccc3Oc3ccc(Cl)cc32)CC1. The zero-order valence-electron chi connectivity index (χ0n) is 18.7. The number of aromatic nitrogens is 1. The molecular formula is C26H25ClN4O3. The molecule has 1 saturated heterocycles. The molecular weight excluding hydrogens is 452 g/mol. The van der Waals surface area contributed by atoms with Gasteiger partial charge in [0.1, 0.15) is 5.75 Å². The maximum atomic E-state index is 13.8. The number of pyridine rings is 1. The van der Waals surface area contributed by atoms with Crippen molar-refractivity contribution in [1.29, 1.82) is 0 Å². The summed E-state index contributed by atoms with van der Waals surface area (Å²) >= 11 is 6.29. The normalized spacial score (nSPS) is 15.5. The third kappa shape index (κ3) is 4.70. The second-order valence-corrected chi connectivity index (χ2v) is 8.88. The van der Waals surface area contributed by atoms with Crippen LogP contribution in [0.1, 0.15) is 17.5 Å². The number of amides is 3. The van der Waals surface area contributed by atoms with Crippen LogP contribution >= 0.6 is 11.6 Å². The highest BCUT2D eigenvalue weighted by molar-refractivity contribution is 6.31. The average molecular weight is 477 g/mol. The second-order valence-electron chi connectivity index (χ2n) is 8.44. The van der Waals surface area contributed by atoms with Gasteiger partial charge >= 0.3 is 6.03 Å². The lowest BCUT2D eigenvalue weighted by atomic mass is 10.2. The summed E-state index contributed by atoms with van der Waals surface area (Å²) in [7, 11) is 0. The highest BCUT2D eigenvalue weighted by atomic mass is 35.5. The van der Waals surface area contributed by atoms with Gasteiger partial charge in [0.15, 0.2) is 5.75 Å². The van der Waals surface area contributed by atoms with Gasteiger partial charge in [-0.05, 0) is 48.4 Å². The number of rotatable bonds is 2. The van der Waals surface area contributed by atoms with E-state index in [1.54, 1.807) is 35.5 Å². The molecule has 174 valence electrons. The molecule has 0 spiro atoms.